The van der Waals surface area contributed by atoms with Gasteiger partial charge in [-0.05, 0) is 55.9 Å². The minimum absolute atomic E-state index is 0.0646. The number of amides is 2. The van der Waals surface area contributed by atoms with Crippen LogP contribution in [-0.2, 0) is 20.4 Å². The number of benzene rings is 1. The molecule has 1 aliphatic carbocycles. The highest BCUT2D eigenvalue weighted by atomic mass is 28.4. The molecule has 1 aliphatic rings. The largest absolute Gasteiger partial charge is 0.444 e. The molecule has 3 atom stereocenters. The highest BCUT2D eigenvalue weighted by Crippen LogP contribution is 2.42. The summed E-state index contributed by atoms with van der Waals surface area (Å²) in [6, 6.07) is 7.21. The van der Waals surface area contributed by atoms with Crippen LogP contribution in [0.3, 0.4) is 0 Å². The average molecular weight is 463 g/mol. The minimum Gasteiger partial charge on any atom is -0.444 e. The first-order valence-corrected chi connectivity index (χ1v) is 14.5. The number of carbonyl (C=O) groups excluding carboxylic acids is 2. The smallest absolute Gasteiger partial charge is 0.408 e. The lowest BCUT2D eigenvalue weighted by Crippen LogP contribution is -2.53. The lowest BCUT2D eigenvalue weighted by molar-refractivity contribution is -0.125. The molecular formula is C25H42N2O4Si. The van der Waals surface area contributed by atoms with Gasteiger partial charge in [0.25, 0.3) is 0 Å². The zero-order valence-electron chi connectivity index (χ0n) is 21.5. The van der Waals surface area contributed by atoms with Gasteiger partial charge in [0.2, 0.25) is 5.91 Å². The molecule has 2 rings (SSSR count). The molecule has 0 aromatic heterocycles. The molecule has 32 heavy (non-hydrogen) atoms. The molecule has 0 saturated carbocycles. The fraction of sp³-hybridized carbons (Fsp3) is 0.680. The molecule has 0 saturated heterocycles. The molecule has 2 amide bonds. The maximum absolute atomic E-state index is 13.3. The number of rotatable bonds is 6. The summed E-state index contributed by atoms with van der Waals surface area (Å²) in [5.74, 6) is -0.324. The number of carbonyl (C=O) groups is 2. The Bertz CT molecular complexity index is 824. The summed E-state index contributed by atoms with van der Waals surface area (Å²) < 4.78 is 12.1. The van der Waals surface area contributed by atoms with Gasteiger partial charge in [-0.3, -0.25) is 4.79 Å². The topological polar surface area (TPSA) is 76.7 Å². The number of hydrogen-bond acceptors (Lipinski definition) is 4. The number of hydrogen-bond donors (Lipinski definition) is 2. The van der Waals surface area contributed by atoms with E-state index < -0.39 is 26.1 Å². The Labute approximate surface area is 195 Å². The van der Waals surface area contributed by atoms with Crippen LogP contribution in [0, 0.1) is 5.92 Å². The summed E-state index contributed by atoms with van der Waals surface area (Å²) in [6.07, 6.45) is 0.0401. The van der Waals surface area contributed by atoms with Crippen molar-refractivity contribution in [1.82, 2.24) is 10.6 Å². The second-order valence-electron chi connectivity index (χ2n) is 11.7. The molecular weight excluding hydrogens is 420 g/mol. The van der Waals surface area contributed by atoms with Gasteiger partial charge in [-0.2, -0.15) is 0 Å². The lowest BCUT2D eigenvalue weighted by Gasteiger charge is -2.40. The second kappa shape index (κ2) is 9.55. The Morgan fingerprint density at radius 1 is 1.06 bits per heavy atom. The maximum atomic E-state index is 13.3. The van der Waals surface area contributed by atoms with Gasteiger partial charge in [0.05, 0.1) is 12.1 Å². The first kappa shape index (κ1) is 26.4. The molecule has 180 valence electrons. The van der Waals surface area contributed by atoms with Gasteiger partial charge >= 0.3 is 6.09 Å². The van der Waals surface area contributed by atoms with Crippen LogP contribution in [0.25, 0.3) is 0 Å². The number of alkyl carbamates (subject to hydrolysis) is 1. The molecule has 0 radical (unpaired) electrons. The number of nitrogens with one attached hydrogen (secondary N) is 2. The molecule has 0 heterocycles. The summed E-state index contributed by atoms with van der Waals surface area (Å²) in [7, 11) is -2.04. The first-order chi connectivity index (χ1) is 14.5. The molecule has 0 fully saturated rings. The van der Waals surface area contributed by atoms with Crippen LogP contribution in [0.2, 0.25) is 18.1 Å². The Hall–Kier alpha value is -1.86. The quantitative estimate of drug-likeness (QED) is 0.560. The van der Waals surface area contributed by atoms with Crippen LogP contribution in [0.4, 0.5) is 4.79 Å². The van der Waals surface area contributed by atoms with Crippen molar-refractivity contribution in [1.29, 1.82) is 0 Å². The molecule has 0 unspecified atom stereocenters. The molecule has 0 spiro atoms. The van der Waals surface area contributed by atoms with Gasteiger partial charge in [0.1, 0.15) is 11.6 Å². The number of ether oxygens (including phenoxy) is 1. The van der Waals surface area contributed by atoms with Crippen molar-refractivity contribution in [3.05, 3.63) is 35.4 Å². The Morgan fingerprint density at radius 2 is 1.66 bits per heavy atom. The van der Waals surface area contributed by atoms with Crippen LogP contribution in [0.1, 0.15) is 72.6 Å². The average Bonchev–Trinajstić information content (AvgIpc) is 2.93. The third-order valence-electron chi connectivity index (χ3n) is 6.35. The van der Waals surface area contributed by atoms with Crippen molar-refractivity contribution >= 4 is 20.3 Å². The monoisotopic (exact) mass is 462 g/mol. The molecule has 2 N–H and O–H groups in total. The van der Waals surface area contributed by atoms with Gasteiger partial charge in [-0.15, -0.1) is 0 Å². The van der Waals surface area contributed by atoms with Gasteiger partial charge in [0, 0.05) is 6.42 Å². The van der Waals surface area contributed by atoms with Crippen LogP contribution in [-0.4, -0.2) is 38.1 Å². The van der Waals surface area contributed by atoms with Crippen molar-refractivity contribution in [2.24, 2.45) is 5.92 Å². The summed E-state index contributed by atoms with van der Waals surface area (Å²) in [6.45, 7) is 20.3. The van der Waals surface area contributed by atoms with Gasteiger partial charge in [-0.1, -0.05) is 58.9 Å². The Kier molecular flexibility index (Phi) is 7.88. The highest BCUT2D eigenvalue weighted by Gasteiger charge is 2.44. The van der Waals surface area contributed by atoms with E-state index in [0.29, 0.717) is 0 Å². The maximum Gasteiger partial charge on any atom is 0.408 e. The van der Waals surface area contributed by atoms with Crippen molar-refractivity contribution in [2.75, 3.05) is 0 Å². The van der Waals surface area contributed by atoms with E-state index in [4.69, 9.17) is 9.16 Å². The molecule has 7 heteroatoms. The van der Waals surface area contributed by atoms with Gasteiger partial charge in [0.15, 0.2) is 8.32 Å². The Morgan fingerprint density at radius 3 is 2.19 bits per heavy atom. The normalized spacial score (nSPS) is 20.0. The van der Waals surface area contributed by atoms with E-state index >= 15 is 0 Å². The molecule has 1 aromatic rings. The molecule has 1 aromatic carbocycles. The van der Waals surface area contributed by atoms with Crippen LogP contribution in [0.5, 0.6) is 0 Å². The third-order valence-corrected chi connectivity index (χ3v) is 10.9. The van der Waals surface area contributed by atoms with Gasteiger partial charge < -0.3 is 19.8 Å². The summed E-state index contributed by atoms with van der Waals surface area (Å²) in [5, 5.41) is 6.01. The van der Waals surface area contributed by atoms with Crippen LogP contribution in [0.15, 0.2) is 24.3 Å². The minimum atomic E-state index is -2.04. The third kappa shape index (κ3) is 6.58. The van der Waals surface area contributed by atoms with E-state index in [9.17, 15) is 9.59 Å². The molecule has 0 bridgehead atoms. The first-order valence-electron chi connectivity index (χ1n) is 11.6. The standard InChI is InChI=1S/C25H42N2O4Si/c1-16(2)20(27-23(29)30-24(3,4)5)22(28)26-21-18-14-12-11-13-17(18)15-19(21)31-32(9,10)25(6,7)8/h11-14,16,19-21H,15H2,1-10H3,(H,26,28)(H,27,29)/t19-,20-,21+/m0/s1. The predicted molar refractivity (Wildman–Crippen MR) is 131 cm³/mol. The molecule has 6 nitrogen and oxygen atoms in total. The van der Waals surface area contributed by atoms with Crippen molar-refractivity contribution < 1.29 is 18.8 Å². The fourth-order valence-corrected chi connectivity index (χ4v) is 4.94. The van der Waals surface area contributed by atoms with Crippen molar-refractivity contribution in [3.8, 4) is 0 Å². The zero-order chi connectivity index (χ0) is 24.5. The van der Waals surface area contributed by atoms with E-state index in [-0.39, 0.29) is 29.0 Å². The van der Waals surface area contributed by atoms with Crippen molar-refractivity contribution in [3.63, 3.8) is 0 Å². The van der Waals surface area contributed by atoms with Crippen LogP contribution >= 0.6 is 0 Å². The van der Waals surface area contributed by atoms with E-state index in [1.54, 1.807) is 20.8 Å². The second-order valence-corrected chi connectivity index (χ2v) is 16.4. The Balaban J connectivity index is 2.24. The van der Waals surface area contributed by atoms with E-state index in [2.05, 4.69) is 56.6 Å². The van der Waals surface area contributed by atoms with Crippen molar-refractivity contribution in [2.45, 2.75) is 104 Å². The van der Waals surface area contributed by atoms with E-state index in [1.165, 1.54) is 5.56 Å². The number of fused-ring (bicyclic) bond motifs is 1. The van der Waals surface area contributed by atoms with Gasteiger partial charge in [-0.25, -0.2) is 4.79 Å². The lowest BCUT2D eigenvalue weighted by atomic mass is 10.0. The van der Waals surface area contributed by atoms with E-state index in [0.717, 1.165) is 12.0 Å². The highest BCUT2D eigenvalue weighted by molar-refractivity contribution is 6.74. The van der Waals surface area contributed by atoms with E-state index in [1.807, 2.05) is 26.0 Å². The summed E-state index contributed by atoms with van der Waals surface area (Å²) >= 11 is 0. The van der Waals surface area contributed by atoms with Crippen LogP contribution < -0.4 is 10.6 Å². The summed E-state index contributed by atoms with van der Waals surface area (Å²) in [4.78, 5) is 25.7. The predicted octanol–water partition coefficient (Wildman–Crippen LogP) is 5.34. The zero-order valence-corrected chi connectivity index (χ0v) is 22.5. The SMILES string of the molecule is CC(C)[C@H](NC(=O)OC(C)(C)C)C(=O)N[C@@H]1c2ccccc2C[C@@H]1O[Si](C)(C)C(C)(C)C. The molecule has 0 aliphatic heterocycles. The summed E-state index contributed by atoms with van der Waals surface area (Å²) in [5.41, 5.74) is 1.65. The fourth-order valence-electron chi connectivity index (χ4n) is 3.61.